The van der Waals surface area contributed by atoms with Gasteiger partial charge in [0.25, 0.3) is 0 Å². The van der Waals surface area contributed by atoms with Crippen LogP contribution in [0.4, 0.5) is 5.82 Å². The molecule has 0 bridgehead atoms. The van der Waals surface area contributed by atoms with Gasteiger partial charge in [0.1, 0.15) is 35.5 Å². The van der Waals surface area contributed by atoms with Gasteiger partial charge in [-0.1, -0.05) is 60.7 Å². The topological polar surface area (TPSA) is 220 Å². The molecule has 0 amide bonds. The number of benzene rings is 4. The monoisotopic (exact) mass is 887 g/mol. The lowest BCUT2D eigenvalue weighted by Crippen LogP contribution is -2.53. The van der Waals surface area contributed by atoms with Crippen molar-refractivity contribution in [3.63, 3.8) is 0 Å². The highest BCUT2D eigenvalue weighted by molar-refractivity contribution is 7.88. The lowest BCUT2D eigenvalue weighted by Gasteiger charge is -2.31. The smallest absolute Gasteiger partial charge is 0.322 e. The SMILES string of the molecule is CS(=O)(=O)N(CCCN)Cc1cccc(-c2cc(NCCc3ccc(O)cc3)ncn2)c1.O=C(O)C1CN(Cc2cccc(-c3ccnc(CCCc4ccc(O)cc4)n3)c2)CCN1. The molecule has 0 radical (unpaired) electrons. The Kier molecular flexibility index (Phi) is 17.3. The number of aromatic nitrogens is 4. The average molecular weight is 888 g/mol. The van der Waals surface area contributed by atoms with Crippen LogP contribution in [0, 0.1) is 0 Å². The number of hydrogen-bond acceptors (Lipinski definition) is 13. The molecule has 6 aromatic rings. The Balaban J connectivity index is 0.000000213. The normalized spacial score (nSPS) is 14.1. The zero-order valence-electron chi connectivity index (χ0n) is 36.1. The molecule has 2 aromatic heterocycles. The van der Waals surface area contributed by atoms with Crippen molar-refractivity contribution in [2.24, 2.45) is 5.73 Å². The third-order valence-corrected chi connectivity index (χ3v) is 11.9. The Labute approximate surface area is 375 Å². The molecule has 1 saturated heterocycles. The van der Waals surface area contributed by atoms with Crippen LogP contribution < -0.4 is 16.4 Å². The van der Waals surface area contributed by atoms with Crippen LogP contribution in [0.25, 0.3) is 22.5 Å². The van der Waals surface area contributed by atoms with Gasteiger partial charge in [-0.25, -0.2) is 28.4 Å². The fourth-order valence-corrected chi connectivity index (χ4v) is 8.12. The van der Waals surface area contributed by atoms with E-state index >= 15 is 0 Å². The molecule has 16 heteroatoms. The molecule has 7 rings (SSSR count). The van der Waals surface area contributed by atoms with Crippen LogP contribution in [0.2, 0.25) is 0 Å². The van der Waals surface area contributed by atoms with Crippen molar-refractivity contribution in [2.75, 3.05) is 50.8 Å². The van der Waals surface area contributed by atoms with E-state index in [1.807, 2.05) is 72.8 Å². The zero-order valence-corrected chi connectivity index (χ0v) is 36.9. The van der Waals surface area contributed by atoms with Crippen molar-refractivity contribution in [1.82, 2.24) is 34.5 Å². The van der Waals surface area contributed by atoms with Crippen molar-refractivity contribution in [3.05, 3.63) is 150 Å². The van der Waals surface area contributed by atoms with E-state index in [0.717, 1.165) is 77.3 Å². The van der Waals surface area contributed by atoms with E-state index in [-0.39, 0.29) is 18.0 Å². The van der Waals surface area contributed by atoms with Gasteiger partial charge in [0.15, 0.2) is 0 Å². The second-order valence-electron chi connectivity index (χ2n) is 15.7. The predicted octanol–water partition coefficient (Wildman–Crippen LogP) is 5.50. The number of nitrogens with zero attached hydrogens (tertiary/aromatic N) is 6. The molecule has 15 nitrogen and oxygen atoms in total. The molecular weight excluding hydrogens is 831 g/mol. The van der Waals surface area contributed by atoms with Crippen LogP contribution in [0.15, 0.2) is 122 Å². The fourth-order valence-electron chi connectivity index (χ4n) is 7.27. The average Bonchev–Trinajstić information content (AvgIpc) is 3.29. The van der Waals surface area contributed by atoms with Crippen molar-refractivity contribution < 1.29 is 28.5 Å². The zero-order chi connectivity index (χ0) is 45.3. The number of rotatable bonds is 19. The van der Waals surface area contributed by atoms with Gasteiger partial charge in [0, 0.05) is 75.6 Å². The maximum Gasteiger partial charge on any atom is 0.322 e. The molecule has 3 heterocycles. The van der Waals surface area contributed by atoms with Crippen LogP contribution >= 0.6 is 0 Å². The minimum atomic E-state index is -3.33. The number of anilines is 1. The summed E-state index contributed by atoms with van der Waals surface area (Å²) in [6, 6.07) is 33.7. The van der Waals surface area contributed by atoms with Gasteiger partial charge in [0.2, 0.25) is 10.0 Å². The molecule has 4 aromatic carbocycles. The molecule has 1 atom stereocenters. The minimum absolute atomic E-state index is 0.253. The first kappa shape index (κ1) is 47.2. The van der Waals surface area contributed by atoms with Gasteiger partial charge in [-0.3, -0.25) is 9.69 Å². The summed E-state index contributed by atoms with van der Waals surface area (Å²) in [6.45, 7) is 4.52. The number of carbonyl (C=O) groups is 1. The molecular formula is C48H57N9O6S. The largest absolute Gasteiger partial charge is 0.508 e. The number of aliphatic carboxylic acids is 1. The third-order valence-electron chi connectivity index (χ3n) is 10.7. The molecule has 0 aliphatic carbocycles. The number of aryl methyl sites for hydroxylation is 2. The second-order valence-corrected chi connectivity index (χ2v) is 17.7. The van der Waals surface area contributed by atoms with Gasteiger partial charge >= 0.3 is 5.97 Å². The standard InChI is InChI=1S/C25H28N4O3.C23H29N5O3S/c30-21-9-7-18(8-10-21)3-2-6-24-27-12-11-22(28-24)20-5-1-4-19(15-20)16-29-14-13-26-23(17-29)25(31)32;1-32(30,31)28(13-3-11-24)16-19-4-2-5-20(14-19)22-15-23(27-17-26-22)25-12-10-18-6-8-21(29)9-7-18/h1,4-5,7-12,15,23,26,30H,2-3,6,13-14,16-17H2,(H,31,32);2,4-9,14-15,17,29H,3,10-13,16,24H2,1H3,(H,25,26,27). The Morgan fingerprint density at radius 3 is 2.17 bits per heavy atom. The summed E-state index contributed by atoms with van der Waals surface area (Å²) in [4.78, 5) is 31.3. The fraction of sp³-hybridized carbons (Fsp3) is 0.312. The molecule has 1 unspecified atom stereocenters. The van der Waals surface area contributed by atoms with E-state index in [1.54, 1.807) is 30.5 Å². The van der Waals surface area contributed by atoms with Gasteiger partial charge in [-0.15, -0.1) is 0 Å². The van der Waals surface area contributed by atoms with Crippen LogP contribution in [-0.4, -0.2) is 110 Å². The minimum Gasteiger partial charge on any atom is -0.508 e. The molecule has 0 spiro atoms. The molecule has 7 N–H and O–H groups in total. The van der Waals surface area contributed by atoms with E-state index in [0.29, 0.717) is 51.5 Å². The quantitative estimate of drug-likeness (QED) is 0.0592. The van der Waals surface area contributed by atoms with Gasteiger partial charge in [-0.2, -0.15) is 4.31 Å². The number of piperazine rings is 1. The summed E-state index contributed by atoms with van der Waals surface area (Å²) < 4.78 is 25.6. The summed E-state index contributed by atoms with van der Waals surface area (Å²) in [5.41, 5.74) is 13.4. The lowest BCUT2D eigenvalue weighted by molar-refractivity contribution is -0.140. The first-order chi connectivity index (χ1) is 30.9. The second kappa shape index (κ2) is 23.4. The van der Waals surface area contributed by atoms with Crippen LogP contribution in [0.3, 0.4) is 0 Å². The summed E-state index contributed by atoms with van der Waals surface area (Å²) in [5, 5.41) is 34.4. The van der Waals surface area contributed by atoms with E-state index in [4.69, 9.17) is 10.7 Å². The molecule has 1 aliphatic rings. The predicted molar refractivity (Wildman–Crippen MR) is 249 cm³/mol. The van der Waals surface area contributed by atoms with Gasteiger partial charge in [0.05, 0.1) is 17.6 Å². The summed E-state index contributed by atoms with van der Waals surface area (Å²) in [7, 11) is -3.33. The van der Waals surface area contributed by atoms with Crippen molar-refractivity contribution >= 4 is 21.8 Å². The number of nitrogens with two attached hydrogens (primary N) is 1. The number of phenolic OH excluding ortho intramolecular Hbond substituents is 2. The molecule has 336 valence electrons. The number of aromatic hydroxyl groups is 2. The van der Waals surface area contributed by atoms with Gasteiger partial charge in [-0.05, 0) is 96.9 Å². The van der Waals surface area contributed by atoms with E-state index in [9.17, 15) is 28.5 Å². The summed E-state index contributed by atoms with van der Waals surface area (Å²) in [6.07, 6.45) is 8.55. The number of carboxylic acid groups (broad SMARTS) is 1. The third kappa shape index (κ3) is 14.9. The number of sulfonamides is 1. The van der Waals surface area contributed by atoms with E-state index in [2.05, 4.69) is 42.6 Å². The first-order valence-corrected chi connectivity index (χ1v) is 23.2. The first-order valence-electron chi connectivity index (χ1n) is 21.4. The van der Waals surface area contributed by atoms with Crippen LogP contribution in [0.1, 0.15) is 40.9 Å². The highest BCUT2D eigenvalue weighted by atomic mass is 32.2. The molecule has 1 fully saturated rings. The van der Waals surface area contributed by atoms with Crippen molar-refractivity contribution in [1.29, 1.82) is 0 Å². The number of carboxylic acids is 1. The maximum atomic E-state index is 12.1. The Hall–Kier alpha value is -6.30. The number of nitrogens with one attached hydrogen (secondary N) is 2. The number of phenols is 2. The Morgan fingerprint density at radius 2 is 1.48 bits per heavy atom. The number of hydrogen-bond donors (Lipinski definition) is 6. The summed E-state index contributed by atoms with van der Waals surface area (Å²) >= 11 is 0. The molecule has 64 heavy (non-hydrogen) atoms. The highest BCUT2D eigenvalue weighted by Gasteiger charge is 2.25. The maximum absolute atomic E-state index is 12.1. The van der Waals surface area contributed by atoms with Crippen molar-refractivity contribution in [3.8, 4) is 34.0 Å². The van der Waals surface area contributed by atoms with Gasteiger partial charge < -0.3 is 31.7 Å². The summed E-state index contributed by atoms with van der Waals surface area (Å²) in [5.74, 6) is 1.26. The lowest BCUT2D eigenvalue weighted by atomic mass is 10.1. The molecule has 0 saturated carbocycles. The van der Waals surface area contributed by atoms with Crippen molar-refractivity contribution in [2.45, 2.75) is 51.2 Å². The molecule has 1 aliphatic heterocycles. The van der Waals surface area contributed by atoms with Crippen LogP contribution in [0.5, 0.6) is 11.5 Å². The van der Waals surface area contributed by atoms with Crippen LogP contribution in [-0.2, 0) is 47.2 Å². The Bertz CT molecular complexity index is 2530. The Morgan fingerprint density at radius 1 is 0.812 bits per heavy atom. The highest BCUT2D eigenvalue weighted by Crippen LogP contribution is 2.23. The van der Waals surface area contributed by atoms with E-state index < -0.39 is 22.0 Å². The van der Waals surface area contributed by atoms with E-state index in [1.165, 1.54) is 22.5 Å².